The van der Waals surface area contributed by atoms with Gasteiger partial charge in [-0.2, -0.15) is 5.10 Å². The van der Waals surface area contributed by atoms with Crippen LogP contribution in [-0.2, 0) is 16.9 Å². The molecule has 1 saturated heterocycles. The molecule has 2 aromatic rings. The third-order valence-corrected chi connectivity index (χ3v) is 7.31. The van der Waals surface area contributed by atoms with Gasteiger partial charge in [0.2, 0.25) is 14.8 Å². The Morgan fingerprint density at radius 3 is 2.59 bits per heavy atom. The lowest BCUT2D eigenvalue weighted by Crippen LogP contribution is -2.48. The first-order valence-electron chi connectivity index (χ1n) is 8.75. The highest BCUT2D eigenvalue weighted by atomic mass is 32.2. The molecule has 1 fully saturated rings. The van der Waals surface area contributed by atoms with E-state index in [9.17, 15) is 22.0 Å². The summed E-state index contributed by atoms with van der Waals surface area (Å²) in [7, 11) is -3.46. The number of aromatic nitrogens is 3. The Balaban J connectivity index is 1.73. The van der Waals surface area contributed by atoms with Gasteiger partial charge in [-0.15, -0.1) is 0 Å². The van der Waals surface area contributed by atoms with E-state index in [0.717, 1.165) is 17.8 Å². The highest BCUT2D eigenvalue weighted by Gasteiger charge is 2.50. The number of carbonyl (C=O) groups is 1. The van der Waals surface area contributed by atoms with Crippen molar-refractivity contribution < 1.29 is 30.9 Å². The lowest BCUT2D eigenvalue weighted by atomic mass is 9.92. The maximum Gasteiger partial charge on any atom is 0.323 e. The second-order valence-corrected chi connectivity index (χ2v) is 9.16. The van der Waals surface area contributed by atoms with E-state index in [0.29, 0.717) is 0 Å². The van der Waals surface area contributed by atoms with E-state index in [1.807, 2.05) is 0 Å². The minimum atomic E-state index is -4.74. The molecule has 0 radical (unpaired) electrons. The molecule has 160 valence electrons. The van der Waals surface area contributed by atoms with Crippen LogP contribution >= 0.6 is 0 Å². The van der Waals surface area contributed by atoms with Gasteiger partial charge >= 0.3 is 6.03 Å². The van der Waals surface area contributed by atoms with Gasteiger partial charge in [-0.05, 0) is 19.8 Å². The number of carbonyl (C=O) groups excluding carboxylic acids is 1. The van der Waals surface area contributed by atoms with E-state index >= 15 is 4.39 Å². The molecule has 1 N–H and O–H groups in total. The lowest BCUT2D eigenvalue weighted by molar-refractivity contribution is 0.116. The van der Waals surface area contributed by atoms with Crippen LogP contribution < -0.4 is 5.32 Å². The molecule has 0 saturated carbocycles. The highest BCUT2D eigenvalue weighted by Crippen LogP contribution is 2.41. The number of sulfone groups is 1. The van der Waals surface area contributed by atoms with E-state index in [4.69, 9.17) is 0 Å². The number of hydrogen-bond donors (Lipinski definition) is 1. The molecule has 0 aromatic carbocycles. The number of nitrogens with zero attached hydrogens (tertiary/aromatic N) is 4. The molecule has 0 spiro atoms. The van der Waals surface area contributed by atoms with Crippen LogP contribution in [0.5, 0.6) is 0 Å². The number of rotatable bonds is 5. The highest BCUT2D eigenvalue weighted by molar-refractivity contribution is 7.92. The number of urea groups is 1. The van der Waals surface area contributed by atoms with Gasteiger partial charge in [-0.3, -0.25) is 10.00 Å². The summed E-state index contributed by atoms with van der Waals surface area (Å²) >= 11 is 0. The fourth-order valence-corrected chi connectivity index (χ4v) is 5.14. The number of amides is 2. The minimum Gasteiger partial charge on any atom is -0.363 e. The van der Waals surface area contributed by atoms with Gasteiger partial charge in [0.15, 0.2) is 5.82 Å². The summed E-state index contributed by atoms with van der Waals surface area (Å²) < 4.78 is 73.1. The predicted molar refractivity (Wildman–Crippen MR) is 94.7 cm³/mol. The van der Waals surface area contributed by atoms with Crippen LogP contribution in [0.4, 0.5) is 23.8 Å². The Kier molecular flexibility index (Phi) is 5.61. The lowest BCUT2D eigenvalue weighted by Gasteiger charge is -2.37. The van der Waals surface area contributed by atoms with Crippen LogP contribution in [0.25, 0.3) is 0 Å². The van der Waals surface area contributed by atoms with Crippen molar-refractivity contribution in [1.82, 2.24) is 19.8 Å². The molecule has 3 rings (SSSR count). The summed E-state index contributed by atoms with van der Waals surface area (Å²) in [5, 5.41) is 6.71. The number of halogens is 3. The fraction of sp³-hybridized carbons (Fsp3) is 0.562. The largest absolute Gasteiger partial charge is 0.363 e. The number of likely N-dealkylation sites (tertiary alicyclic amines) is 1. The molecule has 2 amide bonds. The molecule has 13 heteroatoms. The van der Waals surface area contributed by atoms with E-state index in [1.54, 1.807) is 0 Å². The van der Waals surface area contributed by atoms with Crippen molar-refractivity contribution in [3.05, 3.63) is 24.2 Å². The molecule has 1 atom stereocenters. The zero-order valence-electron chi connectivity index (χ0n) is 15.7. The van der Waals surface area contributed by atoms with Crippen LogP contribution in [0.1, 0.15) is 31.9 Å². The van der Waals surface area contributed by atoms with E-state index in [2.05, 4.69) is 20.1 Å². The first kappa shape index (κ1) is 21.1. The SMILES string of the molecule is Cn1cc(S(=O)(=O)C(C)(F)C2CCN(C(=O)Nc3ccon3)CC2)c(C(F)F)n1. The number of hydrogen-bond acceptors (Lipinski definition) is 6. The normalized spacial score (nSPS) is 18.1. The molecule has 1 aliphatic heterocycles. The summed E-state index contributed by atoms with van der Waals surface area (Å²) in [5.74, 6) is -0.763. The number of anilines is 1. The maximum absolute atomic E-state index is 15.5. The number of aryl methyl sites for hydroxylation is 1. The Hall–Kier alpha value is -2.57. The number of piperidine rings is 1. The summed E-state index contributed by atoms with van der Waals surface area (Å²) in [6.07, 6.45) is -0.896. The van der Waals surface area contributed by atoms with Gasteiger partial charge in [0.05, 0.1) is 0 Å². The van der Waals surface area contributed by atoms with Crippen LogP contribution in [0.3, 0.4) is 0 Å². The smallest absolute Gasteiger partial charge is 0.323 e. The zero-order chi connectivity index (χ0) is 21.4. The monoisotopic (exact) mass is 435 g/mol. The van der Waals surface area contributed by atoms with E-state index in [-0.39, 0.29) is 31.7 Å². The van der Waals surface area contributed by atoms with Crippen molar-refractivity contribution in [2.75, 3.05) is 18.4 Å². The summed E-state index contributed by atoms with van der Waals surface area (Å²) in [6, 6.07) is 0.970. The van der Waals surface area contributed by atoms with Crippen LogP contribution in [-0.4, -0.2) is 52.4 Å². The van der Waals surface area contributed by atoms with Gasteiger partial charge in [-0.25, -0.2) is 26.4 Å². The maximum atomic E-state index is 15.5. The van der Waals surface area contributed by atoms with Crippen molar-refractivity contribution >= 4 is 21.7 Å². The third kappa shape index (κ3) is 3.95. The Labute approximate surface area is 164 Å². The van der Waals surface area contributed by atoms with E-state index < -0.39 is 43.8 Å². The first-order valence-corrected chi connectivity index (χ1v) is 10.2. The van der Waals surface area contributed by atoms with Crippen LogP contribution in [0.15, 0.2) is 27.9 Å². The average molecular weight is 435 g/mol. The van der Waals surface area contributed by atoms with Crippen molar-refractivity contribution in [2.45, 2.75) is 36.1 Å². The number of alkyl halides is 3. The van der Waals surface area contributed by atoms with Crippen LogP contribution in [0.2, 0.25) is 0 Å². The second kappa shape index (κ2) is 7.69. The topological polar surface area (TPSA) is 110 Å². The molecule has 9 nitrogen and oxygen atoms in total. The molecule has 0 bridgehead atoms. The number of nitrogens with one attached hydrogen (secondary N) is 1. The fourth-order valence-electron chi connectivity index (χ4n) is 3.34. The Morgan fingerprint density at radius 2 is 2.03 bits per heavy atom. The van der Waals surface area contributed by atoms with Gasteiger partial charge in [0.25, 0.3) is 6.43 Å². The Bertz CT molecular complexity index is 967. The van der Waals surface area contributed by atoms with Crippen LogP contribution in [0, 0.1) is 5.92 Å². The van der Waals surface area contributed by atoms with Gasteiger partial charge in [-0.1, -0.05) is 5.16 Å². The summed E-state index contributed by atoms with van der Waals surface area (Å²) in [4.78, 5) is 12.8. The van der Waals surface area contributed by atoms with Crippen molar-refractivity contribution in [1.29, 1.82) is 0 Å². The van der Waals surface area contributed by atoms with Gasteiger partial charge in [0, 0.05) is 38.3 Å². The minimum absolute atomic E-state index is 0.0444. The summed E-state index contributed by atoms with van der Waals surface area (Å²) in [6.45, 7) is 1.07. The van der Waals surface area contributed by atoms with E-state index in [1.165, 1.54) is 24.3 Å². The predicted octanol–water partition coefficient (Wildman–Crippen LogP) is 2.75. The second-order valence-electron chi connectivity index (χ2n) is 6.92. The molecular formula is C16H20F3N5O4S. The molecule has 0 aliphatic carbocycles. The standard InChI is InChI=1S/C16H20F3N5O4S/c1-16(19,29(26,27)11-9-23(2)21-13(11)14(17)18)10-3-6-24(7-4-10)15(25)20-12-5-8-28-22-12/h5,8-10,14H,3-4,6-7H2,1-2H3,(H,20,22,25). The average Bonchev–Trinajstić information content (AvgIpc) is 3.31. The van der Waals surface area contributed by atoms with Crippen molar-refractivity contribution in [3.8, 4) is 0 Å². The quantitative estimate of drug-likeness (QED) is 0.773. The molecule has 1 unspecified atom stereocenters. The van der Waals surface area contributed by atoms with Crippen molar-refractivity contribution in [3.63, 3.8) is 0 Å². The third-order valence-electron chi connectivity index (χ3n) is 5.03. The zero-order valence-corrected chi connectivity index (χ0v) is 16.5. The summed E-state index contributed by atoms with van der Waals surface area (Å²) in [5.41, 5.74) is -0.971. The molecule has 29 heavy (non-hydrogen) atoms. The molecule has 1 aliphatic rings. The van der Waals surface area contributed by atoms with Gasteiger partial charge < -0.3 is 9.42 Å². The molecular weight excluding hydrogens is 415 g/mol. The van der Waals surface area contributed by atoms with Crippen molar-refractivity contribution in [2.24, 2.45) is 13.0 Å². The van der Waals surface area contributed by atoms with Gasteiger partial charge in [0.1, 0.15) is 16.9 Å². The Morgan fingerprint density at radius 1 is 1.38 bits per heavy atom. The first-order chi connectivity index (χ1) is 13.5. The molecule has 2 aromatic heterocycles. The molecule has 3 heterocycles.